The second-order valence-electron chi connectivity index (χ2n) is 4.66. The number of rotatable bonds is 4. The molecular formula is C11H12Cl2N2O4. The third-order valence-corrected chi connectivity index (χ3v) is 4.04. The Balaban J connectivity index is 1.80. The lowest BCUT2D eigenvalue weighted by Crippen LogP contribution is -2.26. The van der Waals surface area contributed by atoms with Crippen molar-refractivity contribution >= 4 is 40.9 Å². The molecule has 0 spiro atoms. The summed E-state index contributed by atoms with van der Waals surface area (Å²) in [4.78, 5) is 23.2. The molecule has 1 aliphatic carbocycles. The molecule has 1 heterocycles. The summed E-state index contributed by atoms with van der Waals surface area (Å²) < 4.78 is 8.53. The van der Waals surface area contributed by atoms with Crippen molar-refractivity contribution in [3.05, 3.63) is 11.8 Å². The highest BCUT2D eigenvalue weighted by Crippen LogP contribution is 2.64. The maximum atomic E-state index is 11.7. The topological polar surface area (TPSA) is 81.4 Å². The Hall–Kier alpha value is -1.27. The van der Waals surface area contributed by atoms with Gasteiger partial charge in [0.25, 0.3) is 5.91 Å². The molecule has 19 heavy (non-hydrogen) atoms. The van der Waals surface area contributed by atoms with Crippen molar-refractivity contribution in [2.75, 3.05) is 11.9 Å². The standard InChI is InChI=1S/C11H12Cl2N2O4/c1-6-3-7(15-19-6)14-8(16)4-18-9(17)10(2)5-11(10,12)13/h3H,4-5H2,1-2H3,(H,14,15,16)/t10-/m0/s1. The number of carbonyl (C=O) groups is 2. The number of halogens is 2. The van der Waals surface area contributed by atoms with Crippen LogP contribution in [0.2, 0.25) is 0 Å². The first-order valence-corrected chi connectivity index (χ1v) is 6.28. The van der Waals surface area contributed by atoms with E-state index >= 15 is 0 Å². The molecule has 2 rings (SSSR count). The van der Waals surface area contributed by atoms with Gasteiger partial charge < -0.3 is 14.6 Å². The van der Waals surface area contributed by atoms with E-state index in [0.717, 1.165) is 0 Å². The first-order valence-electron chi connectivity index (χ1n) is 5.53. The van der Waals surface area contributed by atoms with Gasteiger partial charge in [-0.05, 0) is 13.8 Å². The van der Waals surface area contributed by atoms with Gasteiger partial charge in [0, 0.05) is 12.5 Å². The highest BCUT2D eigenvalue weighted by Gasteiger charge is 2.69. The Kier molecular flexibility index (Phi) is 3.49. The van der Waals surface area contributed by atoms with Crippen LogP contribution in [-0.4, -0.2) is 28.0 Å². The van der Waals surface area contributed by atoms with E-state index in [-0.39, 0.29) is 5.82 Å². The van der Waals surface area contributed by atoms with Gasteiger partial charge in [-0.3, -0.25) is 9.59 Å². The second-order valence-corrected chi connectivity index (χ2v) is 6.14. The minimum atomic E-state index is -1.11. The van der Waals surface area contributed by atoms with Crippen LogP contribution >= 0.6 is 23.2 Å². The number of aryl methyl sites for hydroxylation is 1. The molecule has 1 fully saturated rings. The Morgan fingerprint density at radius 1 is 1.58 bits per heavy atom. The molecule has 1 atom stereocenters. The van der Waals surface area contributed by atoms with Crippen molar-refractivity contribution in [2.24, 2.45) is 5.41 Å². The van der Waals surface area contributed by atoms with Crippen molar-refractivity contribution in [1.82, 2.24) is 5.16 Å². The molecule has 0 bridgehead atoms. The van der Waals surface area contributed by atoms with Crippen LogP contribution in [0.5, 0.6) is 0 Å². The quantitative estimate of drug-likeness (QED) is 0.680. The van der Waals surface area contributed by atoms with Crippen LogP contribution in [0.15, 0.2) is 10.6 Å². The average Bonchev–Trinajstić information content (AvgIpc) is 2.65. The number of nitrogens with zero attached hydrogens (tertiary/aromatic N) is 1. The van der Waals surface area contributed by atoms with Crippen molar-refractivity contribution < 1.29 is 18.8 Å². The fourth-order valence-corrected chi connectivity index (χ4v) is 2.20. The normalized spacial score (nSPS) is 23.8. The number of esters is 1. The average molecular weight is 307 g/mol. The van der Waals surface area contributed by atoms with Gasteiger partial charge >= 0.3 is 5.97 Å². The van der Waals surface area contributed by atoms with E-state index < -0.39 is 28.2 Å². The smallest absolute Gasteiger partial charge is 0.315 e. The highest BCUT2D eigenvalue weighted by atomic mass is 35.5. The van der Waals surface area contributed by atoms with E-state index in [1.54, 1.807) is 19.9 Å². The lowest BCUT2D eigenvalue weighted by atomic mass is 10.1. The molecule has 1 saturated carbocycles. The van der Waals surface area contributed by atoms with Crippen LogP contribution in [0, 0.1) is 12.3 Å². The molecule has 1 amide bonds. The Labute approximate surface area is 119 Å². The largest absolute Gasteiger partial charge is 0.455 e. The van der Waals surface area contributed by atoms with E-state index in [0.29, 0.717) is 12.2 Å². The number of alkyl halides is 2. The van der Waals surface area contributed by atoms with Gasteiger partial charge in [0.15, 0.2) is 12.4 Å². The van der Waals surface area contributed by atoms with Gasteiger partial charge in [-0.15, -0.1) is 23.2 Å². The first kappa shape index (κ1) is 14.1. The molecule has 1 N–H and O–H groups in total. The monoisotopic (exact) mass is 306 g/mol. The summed E-state index contributed by atoms with van der Waals surface area (Å²) in [5, 5.41) is 6.00. The Morgan fingerprint density at radius 2 is 2.21 bits per heavy atom. The molecule has 0 unspecified atom stereocenters. The summed E-state index contributed by atoms with van der Waals surface area (Å²) in [6.07, 6.45) is 0.312. The van der Waals surface area contributed by atoms with Gasteiger partial charge in [0.2, 0.25) is 0 Å². The maximum Gasteiger partial charge on any atom is 0.315 e. The van der Waals surface area contributed by atoms with E-state index in [4.69, 9.17) is 32.5 Å². The van der Waals surface area contributed by atoms with Gasteiger partial charge in [-0.25, -0.2) is 0 Å². The SMILES string of the molecule is Cc1cc(NC(=O)COC(=O)[C@]2(C)CC2(Cl)Cl)no1. The van der Waals surface area contributed by atoms with Crippen LogP contribution in [0.1, 0.15) is 19.1 Å². The van der Waals surface area contributed by atoms with E-state index in [2.05, 4.69) is 10.5 Å². The van der Waals surface area contributed by atoms with Gasteiger partial charge in [0.1, 0.15) is 15.5 Å². The number of aromatic nitrogens is 1. The van der Waals surface area contributed by atoms with Crippen molar-refractivity contribution in [3.8, 4) is 0 Å². The van der Waals surface area contributed by atoms with Crippen molar-refractivity contribution in [3.63, 3.8) is 0 Å². The molecule has 0 aromatic carbocycles. The zero-order valence-electron chi connectivity index (χ0n) is 10.3. The number of amides is 1. The minimum absolute atomic E-state index is 0.264. The number of nitrogens with one attached hydrogen (secondary N) is 1. The van der Waals surface area contributed by atoms with Gasteiger partial charge in [-0.2, -0.15) is 0 Å². The van der Waals surface area contributed by atoms with Crippen molar-refractivity contribution in [1.29, 1.82) is 0 Å². The minimum Gasteiger partial charge on any atom is -0.455 e. The summed E-state index contributed by atoms with van der Waals surface area (Å²) in [7, 11) is 0. The molecule has 1 aromatic rings. The van der Waals surface area contributed by atoms with Crippen LogP contribution < -0.4 is 5.32 Å². The summed E-state index contributed by atoms with van der Waals surface area (Å²) in [5.41, 5.74) is -0.944. The molecule has 104 valence electrons. The molecule has 8 heteroatoms. The Morgan fingerprint density at radius 3 is 2.68 bits per heavy atom. The lowest BCUT2D eigenvalue weighted by molar-refractivity contribution is -0.152. The van der Waals surface area contributed by atoms with E-state index in [1.165, 1.54) is 0 Å². The first-order chi connectivity index (χ1) is 8.74. The fraction of sp³-hybridized carbons (Fsp3) is 0.545. The number of anilines is 1. The summed E-state index contributed by atoms with van der Waals surface area (Å²) in [5.74, 6) is -0.281. The molecule has 0 aliphatic heterocycles. The number of ether oxygens (including phenoxy) is 1. The number of hydrogen-bond acceptors (Lipinski definition) is 5. The molecule has 0 radical (unpaired) electrons. The highest BCUT2D eigenvalue weighted by molar-refractivity contribution is 6.53. The predicted octanol–water partition coefficient (Wildman–Crippen LogP) is 2.05. The molecular weight excluding hydrogens is 295 g/mol. The zero-order chi connectivity index (χ0) is 14.3. The second kappa shape index (κ2) is 4.68. The lowest BCUT2D eigenvalue weighted by Gasteiger charge is -2.11. The van der Waals surface area contributed by atoms with Crippen LogP contribution in [0.4, 0.5) is 5.82 Å². The Bertz CT molecular complexity index is 529. The van der Waals surface area contributed by atoms with Crippen LogP contribution in [-0.2, 0) is 14.3 Å². The van der Waals surface area contributed by atoms with Gasteiger partial charge in [-0.1, -0.05) is 5.16 Å². The van der Waals surface area contributed by atoms with Crippen LogP contribution in [0.3, 0.4) is 0 Å². The maximum absolute atomic E-state index is 11.7. The fourth-order valence-electron chi connectivity index (χ4n) is 1.52. The van der Waals surface area contributed by atoms with E-state index in [9.17, 15) is 9.59 Å². The third kappa shape index (κ3) is 2.84. The summed E-state index contributed by atoms with van der Waals surface area (Å²) in [6, 6.07) is 1.55. The molecule has 6 nitrogen and oxygen atoms in total. The third-order valence-electron chi connectivity index (χ3n) is 2.94. The number of carbonyl (C=O) groups excluding carboxylic acids is 2. The summed E-state index contributed by atoms with van der Waals surface area (Å²) >= 11 is 11.7. The predicted molar refractivity (Wildman–Crippen MR) is 68.0 cm³/mol. The van der Waals surface area contributed by atoms with Gasteiger partial charge in [0.05, 0.1) is 0 Å². The number of hydrogen-bond donors (Lipinski definition) is 1. The van der Waals surface area contributed by atoms with E-state index in [1.807, 2.05) is 0 Å². The van der Waals surface area contributed by atoms with Crippen LogP contribution in [0.25, 0.3) is 0 Å². The molecule has 1 aromatic heterocycles. The molecule has 1 aliphatic rings. The van der Waals surface area contributed by atoms with Crippen molar-refractivity contribution in [2.45, 2.75) is 24.6 Å². The molecule has 0 saturated heterocycles. The summed E-state index contributed by atoms with van der Waals surface area (Å²) in [6.45, 7) is 2.86. The zero-order valence-corrected chi connectivity index (χ0v) is 11.8.